The first-order valence-corrected chi connectivity index (χ1v) is 6.54. The molecule has 0 aliphatic rings. The Balaban J connectivity index is 2.59. The summed E-state index contributed by atoms with van der Waals surface area (Å²) in [5.74, 6) is -0.945. The maximum Gasteiger partial charge on any atom is 0.312 e. The first-order chi connectivity index (χ1) is 8.90. The minimum absolute atomic E-state index is 0.474. The van der Waals surface area contributed by atoms with Crippen LogP contribution in [0.25, 0.3) is 10.9 Å². The van der Waals surface area contributed by atoms with Gasteiger partial charge >= 0.3 is 5.97 Å². The van der Waals surface area contributed by atoms with E-state index < -0.39 is 11.9 Å². The number of aromatic nitrogens is 1. The second-order valence-corrected chi connectivity index (χ2v) is 5.36. The SMILES string of the molecule is Cc1cc(C(C)C(=O)O)nc2ccc(C(C)C)cc12. The van der Waals surface area contributed by atoms with Crippen LogP contribution in [-0.2, 0) is 4.79 Å². The molecule has 2 aromatic rings. The summed E-state index contributed by atoms with van der Waals surface area (Å²) in [5, 5.41) is 10.2. The number of carbonyl (C=O) groups is 1. The van der Waals surface area contributed by atoms with E-state index in [0.29, 0.717) is 11.6 Å². The third-order valence-corrected chi connectivity index (χ3v) is 3.54. The Morgan fingerprint density at radius 3 is 2.47 bits per heavy atom. The van der Waals surface area contributed by atoms with Crippen molar-refractivity contribution in [3.63, 3.8) is 0 Å². The van der Waals surface area contributed by atoms with Gasteiger partial charge in [0.15, 0.2) is 0 Å². The zero-order valence-electron chi connectivity index (χ0n) is 11.8. The number of hydrogen-bond acceptors (Lipinski definition) is 2. The summed E-state index contributed by atoms with van der Waals surface area (Å²) < 4.78 is 0. The molecule has 0 spiro atoms. The molecule has 1 aromatic heterocycles. The van der Waals surface area contributed by atoms with Gasteiger partial charge in [0.1, 0.15) is 0 Å². The number of carboxylic acid groups (broad SMARTS) is 1. The summed E-state index contributed by atoms with van der Waals surface area (Å²) in [5.41, 5.74) is 3.84. The zero-order chi connectivity index (χ0) is 14.2. The predicted octanol–water partition coefficient (Wildman–Crippen LogP) is 3.85. The predicted molar refractivity (Wildman–Crippen MR) is 76.6 cm³/mol. The number of nitrogens with zero attached hydrogens (tertiary/aromatic N) is 1. The zero-order valence-corrected chi connectivity index (χ0v) is 11.8. The Hall–Kier alpha value is -1.90. The third-order valence-electron chi connectivity index (χ3n) is 3.54. The lowest BCUT2D eigenvalue weighted by molar-refractivity contribution is -0.138. The van der Waals surface area contributed by atoms with E-state index in [1.807, 2.05) is 19.1 Å². The van der Waals surface area contributed by atoms with Crippen molar-refractivity contribution in [2.45, 2.75) is 39.5 Å². The summed E-state index contributed by atoms with van der Waals surface area (Å²) >= 11 is 0. The standard InChI is InChI=1S/C16H19NO2/c1-9(2)12-5-6-14-13(8-12)10(3)7-15(17-14)11(4)16(18)19/h5-9,11H,1-4H3,(H,18,19). The molecular formula is C16H19NO2. The molecule has 1 N–H and O–H groups in total. The number of hydrogen-bond donors (Lipinski definition) is 1. The van der Waals surface area contributed by atoms with Gasteiger partial charge in [-0.15, -0.1) is 0 Å². The molecule has 1 atom stereocenters. The van der Waals surface area contributed by atoms with E-state index in [9.17, 15) is 4.79 Å². The van der Waals surface area contributed by atoms with Crippen LogP contribution in [0.3, 0.4) is 0 Å². The molecule has 3 nitrogen and oxygen atoms in total. The van der Waals surface area contributed by atoms with Crippen molar-refractivity contribution >= 4 is 16.9 Å². The number of rotatable bonds is 3. The lowest BCUT2D eigenvalue weighted by Gasteiger charge is -2.12. The number of aliphatic carboxylic acids is 1. The van der Waals surface area contributed by atoms with Gasteiger partial charge in [-0.1, -0.05) is 19.9 Å². The minimum Gasteiger partial charge on any atom is -0.481 e. The van der Waals surface area contributed by atoms with Crippen molar-refractivity contribution in [1.29, 1.82) is 0 Å². The maximum absolute atomic E-state index is 11.1. The molecule has 0 bridgehead atoms. The first kappa shape index (κ1) is 13.5. The van der Waals surface area contributed by atoms with Crippen molar-refractivity contribution in [1.82, 2.24) is 4.98 Å². The van der Waals surface area contributed by atoms with Crippen molar-refractivity contribution in [2.75, 3.05) is 0 Å². The van der Waals surface area contributed by atoms with Crippen molar-refractivity contribution in [2.24, 2.45) is 0 Å². The van der Waals surface area contributed by atoms with Gasteiger partial charge in [-0.2, -0.15) is 0 Å². The molecule has 0 fully saturated rings. The summed E-state index contributed by atoms with van der Waals surface area (Å²) in [6.07, 6.45) is 0. The molecule has 0 saturated heterocycles. The van der Waals surface area contributed by atoms with E-state index in [1.165, 1.54) is 5.56 Å². The van der Waals surface area contributed by atoms with Crippen LogP contribution in [0.2, 0.25) is 0 Å². The van der Waals surface area contributed by atoms with Gasteiger partial charge in [-0.3, -0.25) is 9.78 Å². The van der Waals surface area contributed by atoms with Gasteiger partial charge in [-0.25, -0.2) is 0 Å². The van der Waals surface area contributed by atoms with Crippen LogP contribution in [0.4, 0.5) is 0 Å². The van der Waals surface area contributed by atoms with Gasteiger partial charge in [0.25, 0.3) is 0 Å². The highest BCUT2D eigenvalue weighted by Gasteiger charge is 2.16. The second-order valence-electron chi connectivity index (χ2n) is 5.36. The quantitative estimate of drug-likeness (QED) is 0.908. The molecule has 0 aliphatic heterocycles. The fourth-order valence-corrected chi connectivity index (χ4v) is 2.15. The van der Waals surface area contributed by atoms with Crippen LogP contribution in [0, 0.1) is 6.92 Å². The van der Waals surface area contributed by atoms with E-state index >= 15 is 0 Å². The van der Waals surface area contributed by atoms with Gasteiger partial charge in [0, 0.05) is 5.39 Å². The molecule has 0 radical (unpaired) electrons. The van der Waals surface area contributed by atoms with Gasteiger partial charge < -0.3 is 5.11 Å². The molecule has 2 rings (SSSR count). The Bertz CT molecular complexity index is 632. The molecule has 1 heterocycles. The molecule has 3 heteroatoms. The van der Waals surface area contributed by atoms with Gasteiger partial charge in [0.2, 0.25) is 0 Å². The molecule has 19 heavy (non-hydrogen) atoms. The van der Waals surface area contributed by atoms with Crippen molar-refractivity contribution < 1.29 is 9.90 Å². The van der Waals surface area contributed by atoms with Crippen molar-refractivity contribution in [3.05, 3.63) is 41.1 Å². The molecule has 100 valence electrons. The van der Waals surface area contributed by atoms with Crippen LogP contribution in [0.15, 0.2) is 24.3 Å². The van der Waals surface area contributed by atoms with Crippen molar-refractivity contribution in [3.8, 4) is 0 Å². The van der Waals surface area contributed by atoms with E-state index in [-0.39, 0.29) is 0 Å². The fraction of sp³-hybridized carbons (Fsp3) is 0.375. The van der Waals surface area contributed by atoms with Gasteiger partial charge in [-0.05, 0) is 49.1 Å². The van der Waals surface area contributed by atoms with Crippen LogP contribution >= 0.6 is 0 Å². The highest BCUT2D eigenvalue weighted by Crippen LogP contribution is 2.25. The molecular weight excluding hydrogens is 238 g/mol. The Labute approximate surface area is 113 Å². The normalized spacial score (nSPS) is 12.9. The minimum atomic E-state index is -0.843. The maximum atomic E-state index is 11.1. The lowest BCUT2D eigenvalue weighted by Crippen LogP contribution is -2.09. The third kappa shape index (κ3) is 2.60. The Kier molecular flexibility index (Phi) is 3.56. The molecule has 0 saturated carbocycles. The summed E-state index contributed by atoms with van der Waals surface area (Å²) in [4.78, 5) is 15.5. The van der Waals surface area contributed by atoms with Crippen LogP contribution in [0.1, 0.15) is 49.4 Å². The summed E-state index contributed by atoms with van der Waals surface area (Å²) in [7, 11) is 0. The molecule has 0 amide bonds. The molecule has 1 aromatic carbocycles. The van der Waals surface area contributed by atoms with E-state index in [2.05, 4.69) is 31.0 Å². The highest BCUT2D eigenvalue weighted by molar-refractivity contribution is 5.84. The van der Waals surface area contributed by atoms with E-state index in [4.69, 9.17) is 5.11 Å². The second kappa shape index (κ2) is 5.00. The van der Waals surface area contributed by atoms with Crippen LogP contribution in [-0.4, -0.2) is 16.1 Å². The average Bonchev–Trinajstić information content (AvgIpc) is 2.37. The number of carboxylic acids is 1. The fourth-order valence-electron chi connectivity index (χ4n) is 2.15. The number of fused-ring (bicyclic) bond motifs is 1. The average molecular weight is 257 g/mol. The molecule has 1 unspecified atom stereocenters. The smallest absolute Gasteiger partial charge is 0.312 e. The van der Waals surface area contributed by atoms with E-state index in [1.54, 1.807) is 6.92 Å². The Morgan fingerprint density at radius 2 is 1.89 bits per heavy atom. The number of benzene rings is 1. The Morgan fingerprint density at radius 1 is 1.21 bits per heavy atom. The number of aryl methyl sites for hydroxylation is 1. The van der Waals surface area contributed by atoms with Crippen LogP contribution < -0.4 is 0 Å². The summed E-state index contributed by atoms with van der Waals surface area (Å²) in [6.45, 7) is 7.99. The largest absolute Gasteiger partial charge is 0.481 e. The topological polar surface area (TPSA) is 50.2 Å². The number of pyridine rings is 1. The lowest BCUT2D eigenvalue weighted by atomic mass is 9.97. The summed E-state index contributed by atoms with van der Waals surface area (Å²) in [6, 6.07) is 8.08. The van der Waals surface area contributed by atoms with E-state index in [0.717, 1.165) is 16.5 Å². The first-order valence-electron chi connectivity index (χ1n) is 6.54. The highest BCUT2D eigenvalue weighted by atomic mass is 16.4. The van der Waals surface area contributed by atoms with Crippen LogP contribution in [0.5, 0.6) is 0 Å². The van der Waals surface area contributed by atoms with Gasteiger partial charge in [0.05, 0.1) is 17.1 Å². The monoisotopic (exact) mass is 257 g/mol. The molecule has 0 aliphatic carbocycles.